The lowest BCUT2D eigenvalue weighted by molar-refractivity contribution is 0.0673. The van der Waals surface area contributed by atoms with Crippen LogP contribution in [-0.2, 0) is 6.54 Å². The van der Waals surface area contributed by atoms with Crippen LogP contribution < -0.4 is 5.73 Å². The summed E-state index contributed by atoms with van der Waals surface area (Å²) in [6.45, 7) is 5.05. The first-order chi connectivity index (χ1) is 10.1. The van der Waals surface area contributed by atoms with E-state index in [1.165, 1.54) is 6.42 Å². The molecule has 3 rings (SSSR count). The Bertz CT molecular complexity index is 569. The molecule has 4 heteroatoms. The van der Waals surface area contributed by atoms with Crippen LogP contribution in [0, 0.1) is 11.8 Å². The van der Waals surface area contributed by atoms with Gasteiger partial charge in [-0.1, -0.05) is 57.0 Å². The maximum atomic E-state index is 12.4. The van der Waals surface area contributed by atoms with E-state index in [0.717, 1.165) is 18.4 Å². The molecule has 112 valence electrons. The molecule has 0 aromatic heterocycles. The molecule has 2 N–H and O–H groups in total. The maximum Gasteiger partial charge on any atom is 0.346 e. The lowest BCUT2D eigenvalue weighted by Gasteiger charge is -2.48. The van der Waals surface area contributed by atoms with E-state index in [9.17, 15) is 4.79 Å². The molecule has 21 heavy (non-hydrogen) atoms. The Balaban J connectivity index is 1.96. The van der Waals surface area contributed by atoms with Gasteiger partial charge in [-0.05, 0) is 23.8 Å². The fraction of sp³-hybridized carbons (Fsp3) is 0.529. The summed E-state index contributed by atoms with van der Waals surface area (Å²) in [5, 5.41) is 0. The van der Waals surface area contributed by atoms with Gasteiger partial charge in [0.15, 0.2) is 0 Å². The number of hydrogen-bond acceptors (Lipinski definition) is 2. The third-order valence-corrected chi connectivity index (χ3v) is 5.38. The first kappa shape index (κ1) is 14.1. The summed E-state index contributed by atoms with van der Waals surface area (Å²) < 4.78 is 0. The Labute approximate surface area is 126 Å². The zero-order valence-corrected chi connectivity index (χ0v) is 12.7. The van der Waals surface area contributed by atoms with E-state index in [1.807, 2.05) is 35.2 Å². The van der Waals surface area contributed by atoms with Gasteiger partial charge in [-0.25, -0.2) is 4.79 Å². The van der Waals surface area contributed by atoms with Crippen LogP contribution in [0.4, 0.5) is 4.79 Å². The molecular formula is C17H23N3O. The minimum Gasteiger partial charge on any atom is -0.385 e. The van der Waals surface area contributed by atoms with Crippen molar-refractivity contribution >= 4 is 11.9 Å². The van der Waals surface area contributed by atoms with E-state index < -0.39 is 0 Å². The van der Waals surface area contributed by atoms with E-state index in [4.69, 9.17) is 5.73 Å². The van der Waals surface area contributed by atoms with Gasteiger partial charge in [0.05, 0.1) is 0 Å². The van der Waals surface area contributed by atoms with Crippen molar-refractivity contribution in [1.29, 1.82) is 0 Å². The molecule has 0 bridgehead atoms. The Morgan fingerprint density at radius 3 is 2.76 bits per heavy atom. The number of carbonyl (C=O) groups is 1. The SMILES string of the molecule is CC1CCCC2(C(N)=NC(=O)N2Cc2ccccc2)C1C. The fourth-order valence-electron chi connectivity index (χ4n) is 3.93. The van der Waals surface area contributed by atoms with Crippen molar-refractivity contribution in [2.75, 3.05) is 0 Å². The summed E-state index contributed by atoms with van der Waals surface area (Å²) in [6.07, 6.45) is 3.22. The summed E-state index contributed by atoms with van der Waals surface area (Å²) in [7, 11) is 0. The standard InChI is InChI=1S/C17H23N3O/c1-12-7-6-10-17(13(12)2)15(18)19-16(21)20(17)11-14-8-4-3-5-9-14/h3-5,8-9,12-13H,6-7,10-11H2,1-2H3,(H2,18,19,21). The Morgan fingerprint density at radius 2 is 2.05 bits per heavy atom. The van der Waals surface area contributed by atoms with E-state index in [0.29, 0.717) is 24.2 Å². The highest BCUT2D eigenvalue weighted by molar-refractivity contribution is 6.06. The molecule has 3 atom stereocenters. The number of hydrogen-bond donors (Lipinski definition) is 1. The minimum atomic E-state index is -0.384. The average molecular weight is 285 g/mol. The first-order valence-electron chi connectivity index (χ1n) is 7.76. The van der Waals surface area contributed by atoms with Gasteiger partial charge >= 0.3 is 6.03 Å². The predicted octanol–water partition coefficient (Wildman–Crippen LogP) is 3.17. The summed E-state index contributed by atoms with van der Waals surface area (Å²) in [5.74, 6) is 1.41. The molecule has 2 aliphatic rings. The van der Waals surface area contributed by atoms with Crippen molar-refractivity contribution in [3.8, 4) is 0 Å². The number of benzene rings is 1. The summed E-state index contributed by atoms with van der Waals surface area (Å²) in [4.78, 5) is 18.4. The summed E-state index contributed by atoms with van der Waals surface area (Å²) >= 11 is 0. The monoisotopic (exact) mass is 285 g/mol. The maximum absolute atomic E-state index is 12.4. The number of carbonyl (C=O) groups excluding carboxylic acids is 1. The lowest BCUT2D eigenvalue weighted by Crippen LogP contribution is -2.60. The normalized spacial score (nSPS) is 32.6. The van der Waals surface area contributed by atoms with Crippen LogP contribution in [0.15, 0.2) is 35.3 Å². The van der Waals surface area contributed by atoms with E-state index >= 15 is 0 Å². The molecular weight excluding hydrogens is 262 g/mol. The average Bonchev–Trinajstić information content (AvgIpc) is 2.70. The zero-order chi connectivity index (χ0) is 15.0. The largest absolute Gasteiger partial charge is 0.385 e. The van der Waals surface area contributed by atoms with Crippen molar-refractivity contribution in [2.24, 2.45) is 22.6 Å². The van der Waals surface area contributed by atoms with E-state index in [1.54, 1.807) is 0 Å². The molecule has 1 heterocycles. The number of amidine groups is 1. The minimum absolute atomic E-state index is 0.183. The summed E-state index contributed by atoms with van der Waals surface area (Å²) in [6, 6.07) is 9.90. The quantitative estimate of drug-likeness (QED) is 0.907. The molecule has 0 radical (unpaired) electrons. The fourth-order valence-corrected chi connectivity index (χ4v) is 3.93. The Hall–Kier alpha value is -1.84. The van der Waals surface area contributed by atoms with Gasteiger partial charge in [0.1, 0.15) is 11.4 Å². The first-order valence-corrected chi connectivity index (χ1v) is 7.76. The lowest BCUT2D eigenvalue weighted by atomic mass is 9.67. The van der Waals surface area contributed by atoms with E-state index in [-0.39, 0.29) is 11.6 Å². The van der Waals surface area contributed by atoms with Gasteiger partial charge in [0, 0.05) is 6.54 Å². The third-order valence-electron chi connectivity index (χ3n) is 5.38. The van der Waals surface area contributed by atoms with Crippen molar-refractivity contribution in [3.63, 3.8) is 0 Å². The molecule has 1 saturated carbocycles. The molecule has 1 aromatic carbocycles. The zero-order valence-electron chi connectivity index (χ0n) is 12.7. The highest BCUT2D eigenvalue weighted by atomic mass is 16.2. The van der Waals surface area contributed by atoms with Crippen LogP contribution in [0.1, 0.15) is 38.7 Å². The second-order valence-corrected chi connectivity index (χ2v) is 6.43. The van der Waals surface area contributed by atoms with Crippen molar-refractivity contribution in [2.45, 2.75) is 45.2 Å². The van der Waals surface area contributed by atoms with E-state index in [2.05, 4.69) is 18.8 Å². The Morgan fingerprint density at radius 1 is 1.33 bits per heavy atom. The molecule has 1 spiro atoms. The number of aliphatic imine (C=N–C) groups is 1. The second-order valence-electron chi connectivity index (χ2n) is 6.43. The number of urea groups is 1. The molecule has 1 aliphatic heterocycles. The number of rotatable bonds is 2. The van der Waals surface area contributed by atoms with Crippen LogP contribution in [0.3, 0.4) is 0 Å². The molecule has 0 saturated heterocycles. The molecule has 1 aromatic rings. The molecule has 1 fully saturated rings. The van der Waals surface area contributed by atoms with Crippen molar-refractivity contribution in [1.82, 2.24) is 4.90 Å². The smallest absolute Gasteiger partial charge is 0.346 e. The third kappa shape index (κ3) is 2.13. The van der Waals surface area contributed by atoms with Crippen LogP contribution in [0.5, 0.6) is 0 Å². The van der Waals surface area contributed by atoms with Crippen LogP contribution in [0.25, 0.3) is 0 Å². The van der Waals surface area contributed by atoms with Crippen LogP contribution >= 0.6 is 0 Å². The van der Waals surface area contributed by atoms with Crippen LogP contribution in [-0.4, -0.2) is 22.3 Å². The van der Waals surface area contributed by atoms with Crippen molar-refractivity contribution in [3.05, 3.63) is 35.9 Å². The van der Waals surface area contributed by atoms with Gasteiger partial charge in [-0.2, -0.15) is 4.99 Å². The highest BCUT2D eigenvalue weighted by Crippen LogP contribution is 2.45. The molecule has 2 amide bonds. The van der Waals surface area contributed by atoms with Crippen molar-refractivity contribution < 1.29 is 4.79 Å². The number of nitrogens with zero attached hydrogens (tertiary/aromatic N) is 2. The number of nitrogens with two attached hydrogens (primary N) is 1. The predicted molar refractivity (Wildman–Crippen MR) is 83.9 cm³/mol. The van der Waals surface area contributed by atoms with Gasteiger partial charge < -0.3 is 10.6 Å². The molecule has 4 nitrogen and oxygen atoms in total. The number of amides is 2. The highest BCUT2D eigenvalue weighted by Gasteiger charge is 2.54. The van der Waals surface area contributed by atoms with Gasteiger partial charge in [0.25, 0.3) is 0 Å². The van der Waals surface area contributed by atoms with Gasteiger partial charge in [-0.3, -0.25) is 0 Å². The summed E-state index contributed by atoms with van der Waals surface area (Å²) in [5.41, 5.74) is 6.96. The Kier molecular flexibility index (Phi) is 3.47. The topological polar surface area (TPSA) is 58.7 Å². The molecule has 1 aliphatic carbocycles. The van der Waals surface area contributed by atoms with Gasteiger partial charge in [-0.15, -0.1) is 0 Å². The van der Waals surface area contributed by atoms with Crippen LogP contribution in [0.2, 0.25) is 0 Å². The molecule has 3 unspecified atom stereocenters. The van der Waals surface area contributed by atoms with Gasteiger partial charge in [0.2, 0.25) is 0 Å². The second kappa shape index (κ2) is 5.17.